The lowest BCUT2D eigenvalue weighted by atomic mass is 10.1. The number of hydrogen-bond acceptors (Lipinski definition) is 3. The highest BCUT2D eigenvalue weighted by Gasteiger charge is 2.24. The van der Waals surface area contributed by atoms with Crippen LogP contribution in [0.3, 0.4) is 0 Å². The summed E-state index contributed by atoms with van der Waals surface area (Å²) in [6, 6.07) is 7.53. The molecule has 2 N–H and O–H groups in total. The van der Waals surface area contributed by atoms with Crippen molar-refractivity contribution in [2.75, 3.05) is 6.61 Å². The van der Waals surface area contributed by atoms with Gasteiger partial charge in [-0.15, -0.1) is 0 Å². The van der Waals surface area contributed by atoms with Crippen molar-refractivity contribution in [1.82, 2.24) is 0 Å². The van der Waals surface area contributed by atoms with E-state index in [9.17, 15) is 0 Å². The summed E-state index contributed by atoms with van der Waals surface area (Å²) in [6.45, 7) is 4.55. The van der Waals surface area contributed by atoms with E-state index in [0.717, 1.165) is 11.5 Å². The number of fused-ring (bicyclic) bond motifs is 1. The maximum atomic E-state index is 6.03. The maximum Gasteiger partial charge on any atom is 0.161 e. The largest absolute Gasteiger partial charge is 0.486 e. The highest BCUT2D eigenvalue weighted by Crippen LogP contribution is 2.31. The van der Waals surface area contributed by atoms with Crippen LogP contribution in [0.1, 0.15) is 13.8 Å². The molecule has 0 spiro atoms. The van der Waals surface area contributed by atoms with Gasteiger partial charge in [0.15, 0.2) is 17.6 Å². The Hall–Kier alpha value is -1.48. The molecule has 3 heteroatoms. The highest BCUT2D eigenvalue weighted by molar-refractivity contribution is 5.41. The predicted molar refractivity (Wildman–Crippen MR) is 63.8 cm³/mol. The fourth-order valence-corrected chi connectivity index (χ4v) is 1.72. The van der Waals surface area contributed by atoms with Crippen LogP contribution in [0, 0.1) is 0 Å². The van der Waals surface area contributed by atoms with Crippen molar-refractivity contribution in [1.29, 1.82) is 0 Å². The van der Waals surface area contributed by atoms with Crippen LogP contribution in [0.4, 0.5) is 0 Å². The summed E-state index contributed by atoms with van der Waals surface area (Å²) < 4.78 is 11.4. The number of allylic oxidation sites excluding steroid dienone is 1. The number of hydrogen-bond donors (Lipinski definition) is 1. The van der Waals surface area contributed by atoms with Gasteiger partial charge in [-0.3, -0.25) is 0 Å². The van der Waals surface area contributed by atoms with E-state index in [1.807, 2.05) is 44.2 Å². The van der Waals surface area contributed by atoms with E-state index >= 15 is 0 Å². The highest BCUT2D eigenvalue weighted by atomic mass is 16.6. The number of rotatable bonds is 2. The van der Waals surface area contributed by atoms with Crippen LogP contribution in [0.5, 0.6) is 11.5 Å². The van der Waals surface area contributed by atoms with Crippen LogP contribution in [-0.4, -0.2) is 18.8 Å². The molecule has 0 aliphatic carbocycles. The first-order valence-corrected chi connectivity index (χ1v) is 5.46. The Bertz CT molecular complexity index is 397. The van der Waals surface area contributed by atoms with Gasteiger partial charge >= 0.3 is 0 Å². The standard InChI is InChI=1S/C13H17NO2/c1-9(2)7-10(14)13-8-15-11-5-3-4-6-12(11)16-13/h3-7,10,13H,8,14H2,1-2H3. The summed E-state index contributed by atoms with van der Waals surface area (Å²) >= 11 is 0. The third-order valence-corrected chi connectivity index (χ3v) is 2.49. The summed E-state index contributed by atoms with van der Waals surface area (Å²) in [6.07, 6.45) is 1.90. The molecule has 1 aromatic carbocycles. The van der Waals surface area contributed by atoms with Gasteiger partial charge in [0.2, 0.25) is 0 Å². The maximum absolute atomic E-state index is 6.03. The summed E-state index contributed by atoms with van der Waals surface area (Å²) in [5.41, 5.74) is 7.21. The molecule has 16 heavy (non-hydrogen) atoms. The molecule has 86 valence electrons. The summed E-state index contributed by atoms with van der Waals surface area (Å²) in [4.78, 5) is 0. The molecule has 0 radical (unpaired) electrons. The number of benzene rings is 1. The van der Waals surface area contributed by atoms with E-state index in [-0.39, 0.29) is 12.1 Å². The van der Waals surface area contributed by atoms with Crippen molar-refractivity contribution in [3.05, 3.63) is 35.9 Å². The molecule has 0 bridgehead atoms. The second-order valence-electron chi connectivity index (χ2n) is 4.24. The summed E-state index contributed by atoms with van der Waals surface area (Å²) in [5.74, 6) is 1.57. The van der Waals surface area contributed by atoms with Gasteiger partial charge in [-0.25, -0.2) is 0 Å². The molecule has 2 atom stereocenters. The van der Waals surface area contributed by atoms with Crippen molar-refractivity contribution in [3.8, 4) is 11.5 Å². The molecular weight excluding hydrogens is 202 g/mol. The molecule has 1 heterocycles. The lowest BCUT2D eigenvalue weighted by Crippen LogP contribution is -2.43. The lowest BCUT2D eigenvalue weighted by Gasteiger charge is -2.29. The average molecular weight is 219 g/mol. The molecule has 1 aliphatic heterocycles. The molecule has 0 amide bonds. The van der Waals surface area contributed by atoms with E-state index in [4.69, 9.17) is 15.2 Å². The smallest absolute Gasteiger partial charge is 0.161 e. The Morgan fingerprint density at radius 3 is 2.75 bits per heavy atom. The quantitative estimate of drug-likeness (QED) is 0.775. The minimum absolute atomic E-state index is 0.107. The number of para-hydroxylation sites is 2. The molecule has 2 rings (SSSR count). The van der Waals surface area contributed by atoms with Gasteiger partial charge in [-0.1, -0.05) is 23.8 Å². The second-order valence-corrected chi connectivity index (χ2v) is 4.24. The van der Waals surface area contributed by atoms with Gasteiger partial charge in [0, 0.05) is 0 Å². The zero-order chi connectivity index (χ0) is 11.5. The first-order chi connectivity index (χ1) is 7.66. The van der Waals surface area contributed by atoms with Crippen LogP contribution < -0.4 is 15.2 Å². The molecule has 1 aliphatic rings. The first kappa shape index (κ1) is 11.0. The van der Waals surface area contributed by atoms with E-state index in [0.29, 0.717) is 6.61 Å². The third-order valence-electron chi connectivity index (χ3n) is 2.49. The molecule has 0 aromatic heterocycles. The van der Waals surface area contributed by atoms with Crippen LogP contribution >= 0.6 is 0 Å². The minimum Gasteiger partial charge on any atom is -0.486 e. The van der Waals surface area contributed by atoms with Crippen molar-refractivity contribution >= 4 is 0 Å². The zero-order valence-electron chi connectivity index (χ0n) is 9.64. The van der Waals surface area contributed by atoms with Crippen LogP contribution in [0.15, 0.2) is 35.9 Å². The van der Waals surface area contributed by atoms with Gasteiger partial charge in [0.25, 0.3) is 0 Å². The van der Waals surface area contributed by atoms with Crippen molar-refractivity contribution in [2.45, 2.75) is 26.0 Å². The number of ether oxygens (including phenoxy) is 2. The Balaban J connectivity index is 2.11. The normalized spacial score (nSPS) is 20.1. The minimum atomic E-state index is -0.127. The number of nitrogens with two attached hydrogens (primary N) is 1. The summed E-state index contributed by atoms with van der Waals surface area (Å²) in [7, 11) is 0. The van der Waals surface area contributed by atoms with E-state index in [1.54, 1.807) is 0 Å². The Morgan fingerprint density at radius 1 is 1.38 bits per heavy atom. The van der Waals surface area contributed by atoms with Gasteiger partial charge in [-0.2, -0.15) is 0 Å². The first-order valence-electron chi connectivity index (χ1n) is 5.46. The summed E-state index contributed by atoms with van der Waals surface area (Å²) in [5, 5.41) is 0. The second kappa shape index (κ2) is 4.58. The molecule has 3 nitrogen and oxygen atoms in total. The Labute approximate surface area is 95.9 Å². The van der Waals surface area contributed by atoms with E-state index in [1.165, 1.54) is 5.57 Å². The van der Waals surface area contributed by atoms with Crippen LogP contribution in [0.2, 0.25) is 0 Å². The van der Waals surface area contributed by atoms with Crippen molar-refractivity contribution < 1.29 is 9.47 Å². The fraction of sp³-hybridized carbons (Fsp3) is 0.385. The molecule has 0 fully saturated rings. The zero-order valence-corrected chi connectivity index (χ0v) is 9.64. The van der Waals surface area contributed by atoms with Gasteiger partial charge < -0.3 is 15.2 Å². The monoisotopic (exact) mass is 219 g/mol. The van der Waals surface area contributed by atoms with Gasteiger partial charge in [0.05, 0.1) is 6.04 Å². The van der Waals surface area contributed by atoms with Crippen molar-refractivity contribution in [2.24, 2.45) is 5.73 Å². The average Bonchev–Trinajstić information content (AvgIpc) is 2.27. The molecule has 0 saturated heterocycles. The SMILES string of the molecule is CC(C)=CC(N)C1COc2ccccc2O1. The fourth-order valence-electron chi connectivity index (χ4n) is 1.72. The Morgan fingerprint density at radius 2 is 2.06 bits per heavy atom. The predicted octanol–water partition coefficient (Wildman–Crippen LogP) is 2.12. The molecule has 0 saturated carbocycles. The van der Waals surface area contributed by atoms with Gasteiger partial charge in [-0.05, 0) is 26.0 Å². The third kappa shape index (κ3) is 2.36. The van der Waals surface area contributed by atoms with Gasteiger partial charge in [0.1, 0.15) is 6.61 Å². The van der Waals surface area contributed by atoms with Crippen LogP contribution in [0.25, 0.3) is 0 Å². The lowest BCUT2D eigenvalue weighted by molar-refractivity contribution is 0.0822. The van der Waals surface area contributed by atoms with E-state index < -0.39 is 0 Å². The molecule has 2 unspecified atom stereocenters. The molecular formula is C13H17NO2. The molecule has 1 aromatic rings. The van der Waals surface area contributed by atoms with E-state index in [2.05, 4.69) is 0 Å². The Kier molecular flexibility index (Phi) is 3.15. The van der Waals surface area contributed by atoms with Crippen LogP contribution in [-0.2, 0) is 0 Å². The van der Waals surface area contributed by atoms with Crippen molar-refractivity contribution in [3.63, 3.8) is 0 Å². The topological polar surface area (TPSA) is 44.5 Å².